The second-order valence-electron chi connectivity index (χ2n) is 6.07. The average molecular weight is 488 g/mol. The van der Waals surface area contributed by atoms with Gasteiger partial charge in [-0.25, -0.2) is 12.8 Å². The molecule has 3 aromatic rings. The fraction of sp³-hybridized carbons (Fsp3) is 0.0500. The lowest BCUT2D eigenvalue weighted by Gasteiger charge is -2.25. The van der Waals surface area contributed by atoms with Gasteiger partial charge in [0.1, 0.15) is 12.4 Å². The molecule has 1 amide bonds. The number of hydrogen-bond acceptors (Lipinski definition) is 3. The first-order valence-electron chi connectivity index (χ1n) is 8.47. The molecule has 0 saturated carbocycles. The molecule has 3 aromatic carbocycles. The third kappa shape index (κ3) is 4.87. The van der Waals surface area contributed by atoms with Crippen LogP contribution in [0.25, 0.3) is 0 Å². The summed E-state index contributed by atoms with van der Waals surface area (Å²) in [6.45, 7) is -0.605. The fourth-order valence-corrected chi connectivity index (χ4v) is 4.69. The molecule has 3 rings (SSSR count). The maximum Gasteiger partial charge on any atom is 0.264 e. The van der Waals surface area contributed by atoms with Gasteiger partial charge < -0.3 is 5.32 Å². The Balaban J connectivity index is 1.98. The lowest BCUT2D eigenvalue weighted by molar-refractivity contribution is -0.114. The number of hydrogen-bond donors (Lipinski definition) is 1. The zero-order valence-corrected chi connectivity index (χ0v) is 18.2. The summed E-state index contributed by atoms with van der Waals surface area (Å²) < 4.78 is 40.7. The highest BCUT2D eigenvalue weighted by atomic mass is 35.5. The number of nitrogens with one attached hydrogen (secondary N) is 1. The zero-order valence-electron chi connectivity index (χ0n) is 15.2. The van der Waals surface area contributed by atoms with Crippen molar-refractivity contribution in [3.8, 4) is 0 Å². The number of nitrogens with zero attached hydrogens (tertiary/aromatic N) is 1. The first-order chi connectivity index (χ1) is 14.2. The van der Waals surface area contributed by atoms with Crippen molar-refractivity contribution >= 4 is 62.1 Å². The molecule has 0 aliphatic carbocycles. The van der Waals surface area contributed by atoms with Gasteiger partial charge in [-0.05, 0) is 42.5 Å². The standard InChI is InChI=1S/C20H14Cl3FN2O3S/c21-15-7-4-8-18(20(15)23)26(30(28,29)14-5-2-1-3-6-14)12-19(27)25-13-9-10-17(24)16(22)11-13/h1-11H,12H2,(H,25,27). The van der Waals surface area contributed by atoms with Crippen LogP contribution in [-0.4, -0.2) is 20.9 Å². The number of halogens is 4. The van der Waals surface area contributed by atoms with Crippen molar-refractivity contribution in [2.24, 2.45) is 0 Å². The van der Waals surface area contributed by atoms with Crippen molar-refractivity contribution in [1.29, 1.82) is 0 Å². The predicted octanol–water partition coefficient (Wildman–Crippen LogP) is 5.62. The van der Waals surface area contributed by atoms with Gasteiger partial charge in [0, 0.05) is 5.69 Å². The van der Waals surface area contributed by atoms with Crippen LogP contribution in [0.4, 0.5) is 15.8 Å². The van der Waals surface area contributed by atoms with Crippen LogP contribution in [0, 0.1) is 5.82 Å². The van der Waals surface area contributed by atoms with Crippen molar-refractivity contribution in [3.05, 3.63) is 87.6 Å². The van der Waals surface area contributed by atoms with E-state index in [4.69, 9.17) is 34.8 Å². The molecule has 0 saturated heterocycles. The van der Waals surface area contributed by atoms with E-state index in [9.17, 15) is 17.6 Å². The van der Waals surface area contributed by atoms with Gasteiger partial charge in [0.15, 0.2) is 0 Å². The molecule has 1 N–H and O–H groups in total. The van der Waals surface area contributed by atoms with Crippen LogP contribution in [-0.2, 0) is 14.8 Å². The molecular weight excluding hydrogens is 474 g/mol. The van der Waals surface area contributed by atoms with Crippen molar-refractivity contribution < 1.29 is 17.6 Å². The minimum atomic E-state index is -4.15. The highest BCUT2D eigenvalue weighted by Crippen LogP contribution is 2.35. The largest absolute Gasteiger partial charge is 0.324 e. The summed E-state index contributed by atoms with van der Waals surface area (Å²) in [7, 11) is -4.15. The monoisotopic (exact) mass is 486 g/mol. The van der Waals surface area contributed by atoms with E-state index >= 15 is 0 Å². The van der Waals surface area contributed by atoms with Crippen LogP contribution in [0.2, 0.25) is 15.1 Å². The predicted molar refractivity (Wildman–Crippen MR) is 117 cm³/mol. The number of carbonyl (C=O) groups excluding carboxylic acids is 1. The van der Waals surface area contributed by atoms with Crippen LogP contribution in [0.3, 0.4) is 0 Å². The van der Waals surface area contributed by atoms with E-state index < -0.39 is 28.3 Å². The van der Waals surface area contributed by atoms with E-state index in [0.29, 0.717) is 0 Å². The van der Waals surface area contributed by atoms with Crippen LogP contribution >= 0.6 is 34.8 Å². The summed E-state index contributed by atoms with van der Waals surface area (Å²) in [5.74, 6) is -1.33. The molecule has 0 bridgehead atoms. The SMILES string of the molecule is O=C(CN(c1cccc(Cl)c1Cl)S(=O)(=O)c1ccccc1)Nc1ccc(F)c(Cl)c1. The molecule has 30 heavy (non-hydrogen) atoms. The lowest BCUT2D eigenvalue weighted by atomic mass is 10.3. The van der Waals surface area contributed by atoms with Crippen LogP contribution in [0.15, 0.2) is 71.6 Å². The summed E-state index contributed by atoms with van der Waals surface area (Å²) in [4.78, 5) is 12.6. The van der Waals surface area contributed by atoms with Crippen molar-refractivity contribution in [3.63, 3.8) is 0 Å². The topological polar surface area (TPSA) is 66.5 Å². The molecule has 0 atom stereocenters. The lowest BCUT2D eigenvalue weighted by Crippen LogP contribution is -2.38. The second-order valence-corrected chi connectivity index (χ2v) is 9.13. The Bertz CT molecular complexity index is 1190. The Morgan fingerprint density at radius 3 is 2.30 bits per heavy atom. The summed E-state index contributed by atoms with van der Waals surface area (Å²) in [5.41, 5.74) is 0.251. The summed E-state index contributed by atoms with van der Waals surface area (Å²) in [6.07, 6.45) is 0. The van der Waals surface area contributed by atoms with Gasteiger partial charge in [-0.1, -0.05) is 59.1 Å². The van der Waals surface area contributed by atoms with Gasteiger partial charge in [-0.3, -0.25) is 9.10 Å². The minimum Gasteiger partial charge on any atom is -0.324 e. The van der Waals surface area contributed by atoms with E-state index in [1.807, 2.05) is 0 Å². The van der Waals surface area contributed by atoms with Crippen LogP contribution < -0.4 is 9.62 Å². The molecule has 0 fully saturated rings. The van der Waals surface area contributed by atoms with Gasteiger partial charge in [0.05, 0.1) is 25.7 Å². The highest BCUT2D eigenvalue weighted by Gasteiger charge is 2.29. The first-order valence-corrected chi connectivity index (χ1v) is 11.0. The number of amides is 1. The average Bonchev–Trinajstić information content (AvgIpc) is 2.72. The first kappa shape index (κ1) is 22.4. The summed E-state index contributed by atoms with van der Waals surface area (Å²) in [6, 6.07) is 15.7. The molecular formula is C20H14Cl3FN2O3S. The van der Waals surface area contributed by atoms with Gasteiger partial charge in [0.2, 0.25) is 5.91 Å². The van der Waals surface area contributed by atoms with E-state index in [-0.39, 0.29) is 31.3 Å². The van der Waals surface area contributed by atoms with Crippen LogP contribution in [0.5, 0.6) is 0 Å². The van der Waals surface area contributed by atoms with Crippen molar-refractivity contribution in [2.75, 3.05) is 16.2 Å². The van der Waals surface area contributed by atoms with Gasteiger partial charge in [0.25, 0.3) is 10.0 Å². The Labute approximate surface area is 188 Å². The Kier molecular flexibility index (Phi) is 6.88. The number of anilines is 2. The zero-order chi connectivity index (χ0) is 21.9. The minimum absolute atomic E-state index is 0.0173. The van der Waals surface area contributed by atoms with Gasteiger partial charge in [-0.2, -0.15) is 0 Å². The number of benzene rings is 3. The van der Waals surface area contributed by atoms with E-state index in [2.05, 4.69) is 5.32 Å². The van der Waals surface area contributed by atoms with Gasteiger partial charge in [-0.15, -0.1) is 0 Å². The molecule has 0 aromatic heterocycles. The smallest absolute Gasteiger partial charge is 0.264 e. The molecule has 10 heteroatoms. The van der Waals surface area contributed by atoms with E-state index in [1.165, 1.54) is 42.5 Å². The quantitative estimate of drug-likeness (QED) is 0.491. The second kappa shape index (κ2) is 9.22. The molecule has 0 aliphatic heterocycles. The van der Waals surface area contributed by atoms with Gasteiger partial charge >= 0.3 is 0 Å². The Hall–Kier alpha value is -2.32. The molecule has 0 heterocycles. The van der Waals surface area contributed by atoms with Crippen molar-refractivity contribution in [1.82, 2.24) is 0 Å². The van der Waals surface area contributed by atoms with E-state index in [0.717, 1.165) is 10.4 Å². The summed E-state index contributed by atoms with van der Waals surface area (Å²) in [5, 5.41) is 2.43. The maximum absolute atomic E-state index is 13.3. The highest BCUT2D eigenvalue weighted by molar-refractivity contribution is 7.92. The number of rotatable bonds is 6. The van der Waals surface area contributed by atoms with Crippen LogP contribution in [0.1, 0.15) is 0 Å². The summed E-state index contributed by atoms with van der Waals surface area (Å²) >= 11 is 18.0. The third-order valence-corrected chi connectivity index (χ3v) is 6.89. The molecule has 5 nitrogen and oxygen atoms in total. The number of sulfonamides is 1. The normalized spacial score (nSPS) is 11.2. The Morgan fingerprint density at radius 2 is 1.63 bits per heavy atom. The third-order valence-electron chi connectivity index (χ3n) is 4.02. The Morgan fingerprint density at radius 1 is 0.933 bits per heavy atom. The number of carbonyl (C=O) groups is 1. The fourth-order valence-electron chi connectivity index (χ4n) is 2.61. The molecule has 0 spiro atoms. The van der Waals surface area contributed by atoms with E-state index in [1.54, 1.807) is 18.2 Å². The molecule has 156 valence electrons. The molecule has 0 aliphatic rings. The molecule has 0 unspecified atom stereocenters. The molecule has 0 radical (unpaired) electrons. The maximum atomic E-state index is 13.3. The van der Waals surface area contributed by atoms with Crippen molar-refractivity contribution in [2.45, 2.75) is 4.90 Å².